The van der Waals surface area contributed by atoms with Crippen molar-refractivity contribution >= 4 is 11.8 Å². The van der Waals surface area contributed by atoms with E-state index in [2.05, 4.69) is 44.8 Å². The molecule has 0 saturated heterocycles. The lowest BCUT2D eigenvalue weighted by atomic mass is 10.1. The molecule has 0 aliphatic carbocycles. The lowest BCUT2D eigenvalue weighted by Crippen LogP contribution is -2.18. The van der Waals surface area contributed by atoms with E-state index in [0.29, 0.717) is 6.04 Å². The Kier molecular flexibility index (Phi) is 3.96. The number of thioether (sulfide) groups is 1. The molecular weight excluding hydrogens is 220 g/mol. The van der Waals surface area contributed by atoms with Gasteiger partial charge in [0.1, 0.15) is 6.33 Å². The Labute approximate surface area is 98.9 Å². The van der Waals surface area contributed by atoms with Gasteiger partial charge >= 0.3 is 0 Å². The normalized spacial score (nSPS) is 12.6. The van der Waals surface area contributed by atoms with Gasteiger partial charge in [0.2, 0.25) is 0 Å². The van der Waals surface area contributed by atoms with E-state index in [1.807, 2.05) is 13.1 Å². The van der Waals surface area contributed by atoms with Crippen LogP contribution in [0.2, 0.25) is 0 Å². The highest BCUT2D eigenvalue weighted by Gasteiger charge is 2.09. The van der Waals surface area contributed by atoms with Gasteiger partial charge in [-0.05, 0) is 12.6 Å². The van der Waals surface area contributed by atoms with E-state index in [0.717, 1.165) is 10.9 Å². The Balaban J connectivity index is 1.96. The standard InChI is InChI=1S/C11H14N4S/c1-12-10(9-5-3-2-4-6-9)7-16-11-13-8-14-15-11/h2-6,8,10,12H,7H2,1H3,(H,13,14,15). The molecule has 0 radical (unpaired) electrons. The number of benzene rings is 1. The van der Waals surface area contributed by atoms with Gasteiger partial charge < -0.3 is 5.32 Å². The second-order valence-electron chi connectivity index (χ2n) is 3.35. The van der Waals surface area contributed by atoms with Crippen LogP contribution in [0.1, 0.15) is 11.6 Å². The highest BCUT2D eigenvalue weighted by atomic mass is 32.2. The Morgan fingerprint density at radius 1 is 1.38 bits per heavy atom. The Morgan fingerprint density at radius 2 is 2.19 bits per heavy atom. The average Bonchev–Trinajstić information content (AvgIpc) is 2.84. The monoisotopic (exact) mass is 234 g/mol. The molecule has 0 amide bonds. The van der Waals surface area contributed by atoms with E-state index >= 15 is 0 Å². The van der Waals surface area contributed by atoms with Crippen molar-refractivity contribution in [1.82, 2.24) is 20.5 Å². The quantitative estimate of drug-likeness (QED) is 0.775. The fourth-order valence-electron chi connectivity index (χ4n) is 1.46. The maximum Gasteiger partial charge on any atom is 0.183 e. The molecule has 16 heavy (non-hydrogen) atoms. The third-order valence-electron chi connectivity index (χ3n) is 2.33. The number of aromatic nitrogens is 3. The predicted octanol–water partition coefficient (Wildman–Crippen LogP) is 1.86. The number of nitrogens with one attached hydrogen (secondary N) is 2. The van der Waals surface area contributed by atoms with Gasteiger partial charge in [0.05, 0.1) is 0 Å². The van der Waals surface area contributed by atoms with Crippen LogP contribution >= 0.6 is 11.8 Å². The number of hydrogen-bond acceptors (Lipinski definition) is 4. The molecule has 0 spiro atoms. The summed E-state index contributed by atoms with van der Waals surface area (Å²) in [7, 11) is 1.97. The van der Waals surface area contributed by atoms with Gasteiger partial charge in [0.25, 0.3) is 0 Å². The van der Waals surface area contributed by atoms with Crippen molar-refractivity contribution in [2.75, 3.05) is 12.8 Å². The molecule has 0 bridgehead atoms. The molecule has 1 aromatic heterocycles. The third kappa shape index (κ3) is 2.84. The molecule has 0 aliphatic rings. The van der Waals surface area contributed by atoms with Crippen LogP contribution in [0.5, 0.6) is 0 Å². The second-order valence-corrected chi connectivity index (χ2v) is 4.36. The van der Waals surface area contributed by atoms with Crippen molar-refractivity contribution in [3.63, 3.8) is 0 Å². The first-order chi connectivity index (χ1) is 7.90. The van der Waals surface area contributed by atoms with Crippen molar-refractivity contribution in [1.29, 1.82) is 0 Å². The van der Waals surface area contributed by atoms with E-state index in [-0.39, 0.29) is 0 Å². The van der Waals surface area contributed by atoms with Gasteiger partial charge in [-0.15, -0.1) is 0 Å². The van der Waals surface area contributed by atoms with Crippen LogP contribution in [0, 0.1) is 0 Å². The number of rotatable bonds is 5. The first kappa shape index (κ1) is 11.2. The SMILES string of the molecule is CNC(CSc1ncn[nH]1)c1ccccc1. The molecule has 4 nitrogen and oxygen atoms in total. The first-order valence-corrected chi connectivity index (χ1v) is 6.09. The summed E-state index contributed by atoms with van der Waals surface area (Å²) in [4.78, 5) is 4.08. The number of nitrogens with zero attached hydrogens (tertiary/aromatic N) is 2. The molecule has 0 saturated carbocycles. The maximum absolute atomic E-state index is 4.08. The fourth-order valence-corrected chi connectivity index (χ4v) is 2.38. The van der Waals surface area contributed by atoms with Crippen molar-refractivity contribution in [3.05, 3.63) is 42.2 Å². The molecule has 84 valence electrons. The highest BCUT2D eigenvalue weighted by Crippen LogP contribution is 2.21. The minimum atomic E-state index is 0.330. The van der Waals surface area contributed by atoms with Crippen LogP contribution in [0.15, 0.2) is 41.8 Å². The zero-order chi connectivity index (χ0) is 11.2. The second kappa shape index (κ2) is 5.67. The van der Waals surface area contributed by atoms with Crippen molar-refractivity contribution in [2.24, 2.45) is 0 Å². The van der Waals surface area contributed by atoms with Crippen molar-refractivity contribution in [3.8, 4) is 0 Å². The summed E-state index contributed by atoms with van der Waals surface area (Å²) in [6.07, 6.45) is 1.53. The van der Waals surface area contributed by atoms with Gasteiger partial charge in [-0.1, -0.05) is 42.1 Å². The van der Waals surface area contributed by atoms with Gasteiger partial charge in [0, 0.05) is 11.8 Å². The summed E-state index contributed by atoms with van der Waals surface area (Å²) < 4.78 is 0. The lowest BCUT2D eigenvalue weighted by molar-refractivity contribution is 0.661. The third-order valence-corrected chi connectivity index (χ3v) is 3.30. The summed E-state index contributed by atoms with van der Waals surface area (Å²) in [5.41, 5.74) is 1.29. The number of hydrogen-bond donors (Lipinski definition) is 2. The Hall–Kier alpha value is -1.33. The van der Waals surface area contributed by atoms with Crippen LogP contribution in [-0.4, -0.2) is 28.0 Å². The van der Waals surface area contributed by atoms with Crippen LogP contribution in [-0.2, 0) is 0 Å². The van der Waals surface area contributed by atoms with Crippen LogP contribution in [0.25, 0.3) is 0 Å². The molecule has 0 fully saturated rings. The molecule has 2 rings (SSSR count). The molecule has 1 heterocycles. The van der Waals surface area contributed by atoms with E-state index < -0.39 is 0 Å². The first-order valence-electron chi connectivity index (χ1n) is 5.10. The highest BCUT2D eigenvalue weighted by molar-refractivity contribution is 7.99. The molecule has 2 aromatic rings. The number of aromatic amines is 1. The summed E-state index contributed by atoms with van der Waals surface area (Å²) in [5, 5.41) is 10.8. The van der Waals surface area contributed by atoms with Crippen LogP contribution in [0.3, 0.4) is 0 Å². The minimum absolute atomic E-state index is 0.330. The van der Waals surface area contributed by atoms with E-state index in [1.54, 1.807) is 11.8 Å². The van der Waals surface area contributed by atoms with Crippen molar-refractivity contribution < 1.29 is 0 Å². The molecule has 1 aromatic carbocycles. The van der Waals surface area contributed by atoms with Gasteiger partial charge in [-0.3, -0.25) is 5.10 Å². The molecule has 5 heteroatoms. The fraction of sp³-hybridized carbons (Fsp3) is 0.273. The van der Waals surface area contributed by atoms with Crippen LogP contribution < -0.4 is 5.32 Å². The zero-order valence-corrected chi connectivity index (χ0v) is 9.87. The lowest BCUT2D eigenvalue weighted by Gasteiger charge is -2.15. The van der Waals surface area contributed by atoms with Gasteiger partial charge in [-0.25, -0.2) is 4.98 Å². The van der Waals surface area contributed by atoms with Crippen molar-refractivity contribution in [2.45, 2.75) is 11.2 Å². The summed E-state index contributed by atoms with van der Waals surface area (Å²) in [5.74, 6) is 0.926. The maximum atomic E-state index is 4.08. The summed E-state index contributed by atoms with van der Waals surface area (Å²) >= 11 is 1.66. The Morgan fingerprint density at radius 3 is 2.81 bits per heavy atom. The van der Waals surface area contributed by atoms with Crippen LogP contribution in [0.4, 0.5) is 0 Å². The molecular formula is C11H14N4S. The molecule has 0 aliphatic heterocycles. The largest absolute Gasteiger partial charge is 0.312 e. The average molecular weight is 234 g/mol. The molecule has 1 atom stereocenters. The van der Waals surface area contributed by atoms with E-state index in [1.165, 1.54) is 11.9 Å². The minimum Gasteiger partial charge on any atom is -0.312 e. The topological polar surface area (TPSA) is 53.6 Å². The summed E-state index contributed by atoms with van der Waals surface area (Å²) in [6.45, 7) is 0. The van der Waals surface area contributed by atoms with E-state index in [9.17, 15) is 0 Å². The smallest absolute Gasteiger partial charge is 0.183 e. The van der Waals surface area contributed by atoms with Gasteiger partial charge in [0.15, 0.2) is 5.16 Å². The van der Waals surface area contributed by atoms with E-state index in [4.69, 9.17) is 0 Å². The van der Waals surface area contributed by atoms with Gasteiger partial charge in [-0.2, -0.15) is 5.10 Å². The zero-order valence-electron chi connectivity index (χ0n) is 9.05. The Bertz CT molecular complexity index is 401. The molecule has 2 N–H and O–H groups in total. The summed E-state index contributed by atoms with van der Waals surface area (Å²) in [6, 6.07) is 10.7. The number of H-pyrrole nitrogens is 1. The molecule has 1 unspecified atom stereocenters. The predicted molar refractivity (Wildman–Crippen MR) is 65.3 cm³/mol.